The van der Waals surface area contributed by atoms with E-state index >= 15 is 0 Å². The third kappa shape index (κ3) is 3.80. The molecule has 0 amide bonds. The van der Waals surface area contributed by atoms with E-state index in [9.17, 15) is 13.6 Å². The molecule has 0 aliphatic carbocycles. The van der Waals surface area contributed by atoms with Gasteiger partial charge in [-0.05, 0) is 25.8 Å². The maximum absolute atomic E-state index is 13.8. The van der Waals surface area contributed by atoms with Gasteiger partial charge in [-0.1, -0.05) is 23.8 Å². The van der Waals surface area contributed by atoms with E-state index in [1.54, 1.807) is 19.1 Å². The molecule has 0 atom stereocenters. The van der Waals surface area contributed by atoms with Gasteiger partial charge in [0.15, 0.2) is 0 Å². The molecule has 1 N–H and O–H groups in total. The Morgan fingerprint density at radius 1 is 1.35 bits per heavy atom. The maximum Gasteiger partial charge on any atom is 0.303 e. The summed E-state index contributed by atoms with van der Waals surface area (Å²) in [4.78, 5) is 10.3. The van der Waals surface area contributed by atoms with E-state index in [1.807, 2.05) is 6.92 Å². The highest BCUT2D eigenvalue weighted by Crippen LogP contribution is 2.35. The fourth-order valence-corrected chi connectivity index (χ4v) is 1.82. The molecule has 2 nitrogen and oxygen atoms in total. The largest absolute Gasteiger partial charge is 0.481 e. The van der Waals surface area contributed by atoms with Gasteiger partial charge in [0.05, 0.1) is 0 Å². The van der Waals surface area contributed by atoms with E-state index in [-0.39, 0.29) is 18.4 Å². The molecule has 17 heavy (non-hydrogen) atoms. The molecule has 0 saturated carbocycles. The van der Waals surface area contributed by atoms with Crippen LogP contribution in [-0.4, -0.2) is 11.1 Å². The average Bonchev–Trinajstić information content (AvgIpc) is 2.15. The summed E-state index contributed by atoms with van der Waals surface area (Å²) in [6, 6.07) is 4.78. The number of halogens is 2. The Bertz CT molecular complexity index is 414. The lowest BCUT2D eigenvalue weighted by Gasteiger charge is -2.18. The van der Waals surface area contributed by atoms with Crippen LogP contribution in [0, 0.1) is 13.8 Å². The van der Waals surface area contributed by atoms with Crippen molar-refractivity contribution < 1.29 is 18.7 Å². The van der Waals surface area contributed by atoms with Crippen LogP contribution in [0.25, 0.3) is 0 Å². The summed E-state index contributed by atoms with van der Waals surface area (Å²) in [6.45, 7) is 3.49. The SMILES string of the molecule is Cc1ccc(C(F)(F)CCCC(=O)O)c(C)c1. The average molecular weight is 242 g/mol. The van der Waals surface area contributed by atoms with Gasteiger partial charge in [-0.2, -0.15) is 0 Å². The molecule has 0 radical (unpaired) electrons. The number of carboxylic acid groups (broad SMARTS) is 1. The summed E-state index contributed by atoms with van der Waals surface area (Å²) in [5.74, 6) is -3.99. The molecule has 4 heteroatoms. The minimum Gasteiger partial charge on any atom is -0.481 e. The van der Waals surface area contributed by atoms with Gasteiger partial charge in [-0.15, -0.1) is 0 Å². The molecule has 0 aliphatic heterocycles. The summed E-state index contributed by atoms with van der Waals surface area (Å²) in [5.41, 5.74) is 1.48. The lowest BCUT2D eigenvalue weighted by molar-refractivity contribution is -0.137. The van der Waals surface area contributed by atoms with Gasteiger partial charge in [0.1, 0.15) is 0 Å². The quantitative estimate of drug-likeness (QED) is 0.855. The van der Waals surface area contributed by atoms with Crippen LogP contribution in [0.3, 0.4) is 0 Å². The Hall–Kier alpha value is -1.45. The van der Waals surface area contributed by atoms with Crippen LogP contribution in [0.4, 0.5) is 8.78 Å². The van der Waals surface area contributed by atoms with E-state index in [0.717, 1.165) is 5.56 Å². The summed E-state index contributed by atoms with van der Waals surface area (Å²) >= 11 is 0. The second kappa shape index (κ2) is 5.25. The van der Waals surface area contributed by atoms with Crippen molar-refractivity contribution in [3.63, 3.8) is 0 Å². The number of hydrogen-bond donors (Lipinski definition) is 1. The molecule has 0 spiro atoms. The zero-order chi connectivity index (χ0) is 13.1. The van der Waals surface area contributed by atoms with Crippen molar-refractivity contribution in [2.75, 3.05) is 0 Å². The minimum atomic E-state index is -2.95. The highest BCUT2D eigenvalue weighted by molar-refractivity contribution is 5.66. The predicted molar refractivity (Wildman–Crippen MR) is 61.3 cm³/mol. The van der Waals surface area contributed by atoms with E-state index in [4.69, 9.17) is 5.11 Å². The molecule has 1 rings (SSSR count). The van der Waals surface area contributed by atoms with E-state index in [2.05, 4.69) is 0 Å². The van der Waals surface area contributed by atoms with Crippen LogP contribution in [-0.2, 0) is 10.7 Å². The summed E-state index contributed by atoms with van der Waals surface area (Å²) in [6.07, 6.45) is -0.667. The van der Waals surface area contributed by atoms with Crippen LogP contribution in [0.2, 0.25) is 0 Å². The normalized spacial score (nSPS) is 11.5. The maximum atomic E-state index is 13.8. The summed E-state index contributed by atoms with van der Waals surface area (Å²) in [7, 11) is 0. The van der Waals surface area contributed by atoms with Gasteiger partial charge in [0.2, 0.25) is 0 Å². The molecule has 0 heterocycles. The molecule has 94 valence electrons. The molecule has 0 aliphatic rings. The van der Waals surface area contributed by atoms with Gasteiger partial charge in [0.25, 0.3) is 5.92 Å². The number of carbonyl (C=O) groups is 1. The van der Waals surface area contributed by atoms with Gasteiger partial charge in [0, 0.05) is 18.4 Å². The predicted octanol–water partition coefficient (Wildman–Crippen LogP) is 3.65. The number of hydrogen-bond acceptors (Lipinski definition) is 1. The van der Waals surface area contributed by atoms with Crippen molar-refractivity contribution in [1.29, 1.82) is 0 Å². The Labute approximate surface area is 99.3 Å². The molecule has 1 aromatic carbocycles. The Balaban J connectivity index is 2.78. The van der Waals surface area contributed by atoms with E-state index in [0.29, 0.717) is 5.56 Å². The molecular formula is C13H16F2O2. The first kappa shape index (κ1) is 13.6. The number of benzene rings is 1. The molecule has 0 saturated heterocycles. The fourth-order valence-electron chi connectivity index (χ4n) is 1.82. The fraction of sp³-hybridized carbons (Fsp3) is 0.462. The number of alkyl halides is 2. The summed E-state index contributed by atoms with van der Waals surface area (Å²) in [5, 5.41) is 8.43. The lowest BCUT2D eigenvalue weighted by atomic mass is 9.97. The second-order valence-electron chi connectivity index (χ2n) is 4.27. The third-order valence-electron chi connectivity index (χ3n) is 2.66. The number of aryl methyl sites for hydroxylation is 2. The Morgan fingerprint density at radius 3 is 2.53 bits per heavy atom. The standard InChI is InChI=1S/C13H16F2O2/c1-9-5-6-11(10(2)8-9)13(14,15)7-3-4-12(16)17/h5-6,8H,3-4,7H2,1-2H3,(H,16,17). The molecule has 0 bridgehead atoms. The van der Waals surface area contributed by atoms with E-state index < -0.39 is 18.3 Å². The first-order valence-electron chi connectivity index (χ1n) is 5.50. The van der Waals surface area contributed by atoms with Gasteiger partial charge in [-0.3, -0.25) is 4.79 Å². The van der Waals surface area contributed by atoms with Crippen molar-refractivity contribution in [1.82, 2.24) is 0 Å². The highest BCUT2D eigenvalue weighted by Gasteiger charge is 2.32. The molecule has 1 aromatic rings. The zero-order valence-corrected chi connectivity index (χ0v) is 9.96. The first-order valence-corrected chi connectivity index (χ1v) is 5.50. The highest BCUT2D eigenvalue weighted by atomic mass is 19.3. The molecular weight excluding hydrogens is 226 g/mol. The zero-order valence-electron chi connectivity index (χ0n) is 9.96. The van der Waals surface area contributed by atoms with E-state index in [1.165, 1.54) is 6.07 Å². The number of aliphatic carboxylic acids is 1. The summed E-state index contributed by atoms with van der Waals surface area (Å²) < 4.78 is 27.6. The van der Waals surface area contributed by atoms with Crippen LogP contribution < -0.4 is 0 Å². The monoisotopic (exact) mass is 242 g/mol. The van der Waals surface area contributed by atoms with Crippen molar-refractivity contribution in [2.24, 2.45) is 0 Å². The smallest absolute Gasteiger partial charge is 0.303 e. The van der Waals surface area contributed by atoms with Crippen molar-refractivity contribution in [2.45, 2.75) is 39.0 Å². The number of rotatable bonds is 5. The van der Waals surface area contributed by atoms with Crippen molar-refractivity contribution in [3.05, 3.63) is 34.9 Å². The third-order valence-corrected chi connectivity index (χ3v) is 2.66. The molecule has 0 unspecified atom stereocenters. The van der Waals surface area contributed by atoms with Crippen LogP contribution in [0.5, 0.6) is 0 Å². The Kier molecular flexibility index (Phi) is 4.21. The van der Waals surface area contributed by atoms with Gasteiger partial charge < -0.3 is 5.11 Å². The van der Waals surface area contributed by atoms with Crippen LogP contribution in [0.1, 0.15) is 36.0 Å². The van der Waals surface area contributed by atoms with Gasteiger partial charge >= 0.3 is 5.97 Å². The topological polar surface area (TPSA) is 37.3 Å². The van der Waals surface area contributed by atoms with Crippen LogP contribution in [0.15, 0.2) is 18.2 Å². The Morgan fingerprint density at radius 2 is 2.00 bits per heavy atom. The number of carboxylic acids is 1. The molecule has 0 fully saturated rings. The van der Waals surface area contributed by atoms with Crippen molar-refractivity contribution >= 4 is 5.97 Å². The van der Waals surface area contributed by atoms with Gasteiger partial charge in [-0.25, -0.2) is 8.78 Å². The van der Waals surface area contributed by atoms with Crippen LogP contribution >= 0.6 is 0 Å². The first-order chi connectivity index (χ1) is 7.83. The second-order valence-corrected chi connectivity index (χ2v) is 4.27. The molecule has 0 aromatic heterocycles. The minimum absolute atomic E-state index is 0.00603. The lowest BCUT2D eigenvalue weighted by Crippen LogP contribution is -2.15. The van der Waals surface area contributed by atoms with Crippen molar-refractivity contribution in [3.8, 4) is 0 Å².